The number of quaternary nitrogens is 1. The number of carbonyl (C=O) groups is 2. The number of H-pyrrole nitrogens is 1. The van der Waals surface area contributed by atoms with Crippen LogP contribution in [0, 0.1) is 0 Å². The Labute approximate surface area is 160 Å². The van der Waals surface area contributed by atoms with Gasteiger partial charge in [0.25, 0.3) is 11.8 Å². The van der Waals surface area contributed by atoms with Gasteiger partial charge in [0, 0.05) is 17.8 Å². The van der Waals surface area contributed by atoms with E-state index in [2.05, 4.69) is 9.88 Å². The topological polar surface area (TPSA) is 59.2 Å². The molecular weight excluding hydrogens is 375 g/mol. The molecule has 0 unspecified atom stereocenters. The fourth-order valence-electron chi connectivity index (χ4n) is 3.48. The predicted molar refractivity (Wildman–Crippen MR) is 97.7 cm³/mol. The molecule has 0 atom stereocenters. The van der Waals surface area contributed by atoms with Crippen LogP contribution in [0.25, 0.3) is 0 Å². The maximum Gasteiger partial charge on any atom is 0.266 e. The quantitative estimate of drug-likeness (QED) is 0.784. The van der Waals surface area contributed by atoms with Crippen molar-refractivity contribution in [2.75, 3.05) is 37.7 Å². The number of imide groups is 1. The van der Waals surface area contributed by atoms with E-state index in [1.54, 1.807) is 0 Å². The molecule has 0 saturated carbocycles. The summed E-state index contributed by atoms with van der Waals surface area (Å²) in [4.78, 5) is 33.0. The molecule has 0 radical (unpaired) electrons. The highest BCUT2D eigenvalue weighted by Crippen LogP contribution is 2.31. The first-order valence-corrected chi connectivity index (χ1v) is 9.20. The summed E-state index contributed by atoms with van der Waals surface area (Å²) in [5.41, 5.74) is 1.85. The van der Waals surface area contributed by atoms with E-state index in [0.717, 1.165) is 26.2 Å². The van der Waals surface area contributed by atoms with Crippen molar-refractivity contribution in [2.45, 2.75) is 0 Å². The number of carbonyl (C=O) groups excluding carboxylic acids is 2. The maximum absolute atomic E-state index is 12.6. The first kappa shape index (κ1) is 17.3. The van der Waals surface area contributed by atoms with Crippen molar-refractivity contribution >= 4 is 40.7 Å². The lowest BCUT2D eigenvalue weighted by Gasteiger charge is -2.34. The molecule has 4 rings (SSSR count). The number of amides is 2. The highest BCUT2D eigenvalue weighted by molar-refractivity contribution is 6.43. The van der Waals surface area contributed by atoms with E-state index in [0.29, 0.717) is 17.8 Å². The minimum absolute atomic E-state index is 0.287. The number of rotatable bonds is 3. The Balaban J connectivity index is 1.43. The number of hydrogen-bond acceptors (Lipinski definition) is 3. The summed E-state index contributed by atoms with van der Waals surface area (Å²) < 4.78 is 0. The molecule has 134 valence electrons. The summed E-state index contributed by atoms with van der Waals surface area (Å²) in [5, 5.41) is 0.573. The van der Waals surface area contributed by atoms with Gasteiger partial charge in [0.05, 0.1) is 47.4 Å². The first-order chi connectivity index (χ1) is 12.5. The van der Waals surface area contributed by atoms with E-state index in [9.17, 15) is 9.59 Å². The molecule has 0 aliphatic carbocycles. The maximum atomic E-state index is 12.6. The Hall–Kier alpha value is -2.15. The van der Waals surface area contributed by atoms with Crippen LogP contribution in [-0.2, 0) is 0 Å². The number of hydrogen-bond donors (Lipinski definition) is 1. The number of aromatic nitrogens is 1. The Morgan fingerprint density at radius 3 is 2.04 bits per heavy atom. The molecule has 6 nitrogen and oxygen atoms in total. The summed E-state index contributed by atoms with van der Waals surface area (Å²) >= 11 is 12.0. The molecule has 2 N–H and O–H groups in total. The molecule has 2 aliphatic rings. The number of aromatic amines is 1. The van der Waals surface area contributed by atoms with Gasteiger partial charge in [-0.2, -0.15) is 0 Å². The SMILES string of the molecule is O=C1c2cc(Cl)c(Cl)cc2C(=O)N1C[NH+]1CCN(c2cc[nH+]cc2)CC1. The van der Waals surface area contributed by atoms with Gasteiger partial charge in [0.2, 0.25) is 0 Å². The van der Waals surface area contributed by atoms with Crippen molar-refractivity contribution in [3.8, 4) is 0 Å². The monoisotopic (exact) mass is 392 g/mol. The van der Waals surface area contributed by atoms with Crippen LogP contribution in [0.4, 0.5) is 5.69 Å². The molecule has 1 fully saturated rings. The molecule has 1 saturated heterocycles. The van der Waals surface area contributed by atoms with Crippen molar-refractivity contribution < 1.29 is 19.5 Å². The summed E-state index contributed by atoms with van der Waals surface area (Å²) in [6.07, 6.45) is 3.81. The van der Waals surface area contributed by atoms with Crippen LogP contribution in [0.5, 0.6) is 0 Å². The van der Waals surface area contributed by atoms with Gasteiger partial charge in [0.1, 0.15) is 0 Å². The number of fused-ring (bicyclic) bond motifs is 1. The fourth-order valence-corrected chi connectivity index (χ4v) is 3.81. The van der Waals surface area contributed by atoms with Gasteiger partial charge in [0.15, 0.2) is 19.1 Å². The number of anilines is 1. The van der Waals surface area contributed by atoms with Crippen molar-refractivity contribution in [1.82, 2.24) is 4.90 Å². The Morgan fingerprint density at radius 2 is 1.50 bits per heavy atom. The van der Waals surface area contributed by atoms with Crippen molar-refractivity contribution in [2.24, 2.45) is 0 Å². The minimum Gasteiger partial charge on any atom is -0.360 e. The summed E-state index contributed by atoms with van der Waals surface area (Å²) in [6, 6.07) is 7.06. The first-order valence-electron chi connectivity index (χ1n) is 8.44. The van der Waals surface area contributed by atoms with Crippen molar-refractivity contribution in [3.63, 3.8) is 0 Å². The third-order valence-electron chi connectivity index (χ3n) is 4.93. The smallest absolute Gasteiger partial charge is 0.266 e. The fraction of sp³-hybridized carbons (Fsp3) is 0.278. The van der Waals surface area contributed by atoms with Crippen LogP contribution in [0.2, 0.25) is 10.0 Å². The molecule has 0 spiro atoms. The Kier molecular flexibility index (Phi) is 4.56. The lowest BCUT2D eigenvalue weighted by atomic mass is 10.1. The number of nitrogens with zero attached hydrogens (tertiary/aromatic N) is 2. The molecule has 2 aromatic rings. The molecule has 2 aliphatic heterocycles. The van der Waals surface area contributed by atoms with Crippen LogP contribution < -0.4 is 14.8 Å². The second kappa shape index (κ2) is 6.87. The van der Waals surface area contributed by atoms with Gasteiger partial charge < -0.3 is 9.80 Å². The van der Waals surface area contributed by atoms with Crippen LogP contribution in [0.3, 0.4) is 0 Å². The van der Waals surface area contributed by atoms with Crippen LogP contribution in [0.1, 0.15) is 20.7 Å². The van der Waals surface area contributed by atoms with Gasteiger partial charge in [-0.3, -0.25) is 9.59 Å². The zero-order chi connectivity index (χ0) is 18.3. The van der Waals surface area contributed by atoms with Gasteiger partial charge in [-0.15, -0.1) is 0 Å². The van der Waals surface area contributed by atoms with E-state index in [-0.39, 0.29) is 21.9 Å². The van der Waals surface area contributed by atoms with Crippen LogP contribution in [-0.4, -0.2) is 49.6 Å². The van der Waals surface area contributed by atoms with E-state index in [1.165, 1.54) is 27.6 Å². The molecule has 3 heterocycles. The molecular formula is C18H18Cl2N4O2+2. The minimum atomic E-state index is -0.294. The number of pyridine rings is 1. The number of nitrogens with one attached hydrogen (secondary N) is 2. The molecule has 0 bridgehead atoms. The summed E-state index contributed by atoms with van der Waals surface area (Å²) in [5.74, 6) is -0.589. The third-order valence-corrected chi connectivity index (χ3v) is 5.65. The van der Waals surface area contributed by atoms with Gasteiger partial charge in [-0.25, -0.2) is 9.88 Å². The van der Waals surface area contributed by atoms with Gasteiger partial charge in [-0.1, -0.05) is 23.2 Å². The second-order valence-electron chi connectivity index (χ2n) is 6.50. The molecule has 2 amide bonds. The normalized spacial score (nSPS) is 17.8. The predicted octanol–water partition coefficient (Wildman–Crippen LogP) is 0.766. The highest BCUT2D eigenvalue weighted by Gasteiger charge is 2.39. The summed E-state index contributed by atoms with van der Waals surface area (Å²) in [6.45, 7) is 3.82. The largest absolute Gasteiger partial charge is 0.360 e. The van der Waals surface area contributed by atoms with Crippen molar-refractivity contribution in [3.05, 3.63) is 57.8 Å². The zero-order valence-corrected chi connectivity index (χ0v) is 15.5. The third kappa shape index (κ3) is 3.05. The average molecular weight is 393 g/mol. The lowest BCUT2D eigenvalue weighted by molar-refractivity contribution is -0.907. The number of benzene rings is 1. The average Bonchev–Trinajstić information content (AvgIpc) is 2.88. The number of piperazine rings is 1. The highest BCUT2D eigenvalue weighted by atomic mass is 35.5. The summed E-state index contributed by atoms with van der Waals surface area (Å²) in [7, 11) is 0. The number of halogens is 2. The molecule has 1 aromatic heterocycles. The second-order valence-corrected chi connectivity index (χ2v) is 7.32. The van der Waals surface area contributed by atoms with Gasteiger partial charge >= 0.3 is 0 Å². The lowest BCUT2D eigenvalue weighted by Crippen LogP contribution is -3.16. The molecule has 1 aromatic carbocycles. The standard InChI is InChI=1S/C18H16Cl2N4O2/c19-15-9-13-14(10-16(15)20)18(26)24(17(13)25)11-22-5-7-23(8-6-22)12-1-3-21-4-2-12/h1-4,9-10H,5-8,11H2/p+2. The Bertz CT molecular complexity index is 826. The Morgan fingerprint density at radius 1 is 0.962 bits per heavy atom. The van der Waals surface area contributed by atoms with Crippen LogP contribution in [0.15, 0.2) is 36.7 Å². The van der Waals surface area contributed by atoms with E-state index >= 15 is 0 Å². The van der Waals surface area contributed by atoms with E-state index in [1.807, 2.05) is 24.5 Å². The van der Waals surface area contributed by atoms with E-state index < -0.39 is 0 Å². The zero-order valence-electron chi connectivity index (χ0n) is 14.0. The molecule has 8 heteroatoms. The van der Waals surface area contributed by atoms with Crippen molar-refractivity contribution in [1.29, 1.82) is 0 Å². The van der Waals surface area contributed by atoms with Gasteiger partial charge in [-0.05, 0) is 12.1 Å². The molecule has 26 heavy (non-hydrogen) atoms. The van der Waals surface area contributed by atoms with E-state index in [4.69, 9.17) is 23.2 Å². The van der Waals surface area contributed by atoms with Crippen LogP contribution >= 0.6 is 23.2 Å².